The Morgan fingerprint density at radius 3 is 2.52 bits per heavy atom. The molecule has 2 aliphatic rings. The topological polar surface area (TPSA) is 74.3 Å². The van der Waals surface area contributed by atoms with Crippen LogP contribution in [0.2, 0.25) is 0 Å². The number of anilines is 2. The van der Waals surface area contributed by atoms with E-state index in [0.717, 1.165) is 42.8 Å². The number of hydrogen-bond acceptors (Lipinski definition) is 4. The maximum atomic E-state index is 13.3. The van der Waals surface area contributed by atoms with Crippen molar-refractivity contribution in [2.45, 2.75) is 38.3 Å². The van der Waals surface area contributed by atoms with Crippen molar-refractivity contribution < 1.29 is 22.8 Å². The highest BCUT2D eigenvalue weighted by molar-refractivity contribution is 5.99. The van der Waals surface area contributed by atoms with Crippen molar-refractivity contribution in [1.82, 2.24) is 10.3 Å². The summed E-state index contributed by atoms with van der Waals surface area (Å²) in [5.74, 6) is -0.539. The number of fused-ring (bicyclic) bond motifs is 1. The van der Waals surface area contributed by atoms with E-state index in [4.69, 9.17) is 0 Å². The molecule has 9 heteroatoms. The van der Waals surface area contributed by atoms with E-state index in [1.165, 1.54) is 6.07 Å². The summed E-state index contributed by atoms with van der Waals surface area (Å²) in [5.41, 5.74) is 1.29. The van der Waals surface area contributed by atoms with Gasteiger partial charge in [-0.2, -0.15) is 13.2 Å². The van der Waals surface area contributed by atoms with Gasteiger partial charge in [-0.1, -0.05) is 31.0 Å². The first kappa shape index (κ1) is 23.1. The molecule has 4 rings (SSSR count). The van der Waals surface area contributed by atoms with Gasteiger partial charge < -0.3 is 15.5 Å². The smallest absolute Gasteiger partial charge is 0.368 e. The molecular formula is C24H27F3N4O2. The lowest BCUT2D eigenvalue weighted by atomic mass is 9.77. The van der Waals surface area contributed by atoms with Gasteiger partial charge in [-0.15, -0.1) is 0 Å². The standard InChI is InChI=1S/C24H27F3N4O2/c25-24(26,27)17-9-10-21(30-15-17)28-12-13-29-22(32)18-6-2-3-7-19(18)23(33)31-14-11-16-5-1-4-8-20(16)31/h1,4-5,8-10,15,18-19H,2-3,6-7,11-14H2,(H,28,30)(H,29,32)/t18-,19+/m0/s1. The first-order chi connectivity index (χ1) is 15.8. The fourth-order valence-corrected chi connectivity index (χ4v) is 4.68. The molecule has 0 unspecified atom stereocenters. The molecule has 1 aromatic heterocycles. The lowest BCUT2D eigenvalue weighted by Gasteiger charge is -2.32. The third kappa shape index (κ3) is 5.29. The van der Waals surface area contributed by atoms with Crippen molar-refractivity contribution in [3.8, 4) is 0 Å². The predicted octanol–water partition coefficient (Wildman–Crippen LogP) is 4.02. The number of carbonyl (C=O) groups is 2. The van der Waals surface area contributed by atoms with Crippen molar-refractivity contribution in [1.29, 1.82) is 0 Å². The number of amides is 2. The normalized spacial score (nSPS) is 20.3. The largest absolute Gasteiger partial charge is 0.417 e. The Kier molecular flexibility index (Phi) is 6.85. The van der Waals surface area contributed by atoms with Crippen LogP contribution in [0.5, 0.6) is 0 Å². The lowest BCUT2D eigenvalue weighted by molar-refractivity contribution is -0.137. The number of rotatable bonds is 6. The minimum absolute atomic E-state index is 0.0203. The molecule has 0 saturated heterocycles. The second-order valence-electron chi connectivity index (χ2n) is 8.51. The van der Waals surface area contributed by atoms with Gasteiger partial charge in [0, 0.05) is 37.4 Å². The third-order valence-corrected chi connectivity index (χ3v) is 6.39. The number of hydrogen-bond donors (Lipinski definition) is 2. The van der Waals surface area contributed by atoms with E-state index in [0.29, 0.717) is 31.7 Å². The highest BCUT2D eigenvalue weighted by atomic mass is 19.4. The zero-order valence-electron chi connectivity index (χ0n) is 18.2. The van der Waals surface area contributed by atoms with Crippen LogP contribution in [0, 0.1) is 11.8 Å². The van der Waals surface area contributed by atoms with Gasteiger partial charge in [-0.25, -0.2) is 4.98 Å². The number of alkyl halides is 3. The molecule has 176 valence electrons. The zero-order valence-corrected chi connectivity index (χ0v) is 18.2. The molecule has 2 amide bonds. The molecule has 2 heterocycles. The molecule has 1 aliphatic heterocycles. The molecule has 0 radical (unpaired) electrons. The monoisotopic (exact) mass is 460 g/mol. The van der Waals surface area contributed by atoms with Gasteiger partial charge in [0.15, 0.2) is 0 Å². The Morgan fingerprint density at radius 2 is 1.79 bits per heavy atom. The van der Waals surface area contributed by atoms with Crippen LogP contribution in [0.4, 0.5) is 24.7 Å². The number of benzene rings is 1. The van der Waals surface area contributed by atoms with E-state index in [1.807, 2.05) is 29.2 Å². The first-order valence-corrected chi connectivity index (χ1v) is 11.3. The molecule has 33 heavy (non-hydrogen) atoms. The molecule has 1 aliphatic carbocycles. The number of pyridine rings is 1. The molecule has 6 nitrogen and oxygen atoms in total. The number of nitrogens with one attached hydrogen (secondary N) is 2. The Balaban J connectivity index is 1.30. The highest BCUT2D eigenvalue weighted by Gasteiger charge is 2.39. The summed E-state index contributed by atoms with van der Waals surface area (Å²) >= 11 is 0. The summed E-state index contributed by atoms with van der Waals surface area (Å²) < 4.78 is 37.9. The third-order valence-electron chi connectivity index (χ3n) is 6.39. The Hall–Kier alpha value is -3.10. The molecule has 0 bridgehead atoms. The number of para-hydroxylation sites is 1. The van der Waals surface area contributed by atoms with Gasteiger partial charge in [0.1, 0.15) is 5.82 Å². The summed E-state index contributed by atoms with van der Waals surface area (Å²) in [5, 5.41) is 5.78. The summed E-state index contributed by atoms with van der Waals surface area (Å²) in [7, 11) is 0. The maximum Gasteiger partial charge on any atom is 0.417 e. The van der Waals surface area contributed by atoms with Gasteiger partial charge in [-0.3, -0.25) is 9.59 Å². The average molecular weight is 461 g/mol. The van der Waals surface area contributed by atoms with Gasteiger partial charge in [0.05, 0.1) is 11.5 Å². The first-order valence-electron chi connectivity index (χ1n) is 11.3. The number of halogens is 3. The number of aromatic nitrogens is 1. The van der Waals surface area contributed by atoms with Gasteiger partial charge in [0.25, 0.3) is 0 Å². The van der Waals surface area contributed by atoms with Crippen molar-refractivity contribution in [2.24, 2.45) is 11.8 Å². The average Bonchev–Trinajstić information content (AvgIpc) is 3.25. The summed E-state index contributed by atoms with van der Waals surface area (Å²) in [6.07, 6.45) is 0.382. The molecule has 1 saturated carbocycles. The highest BCUT2D eigenvalue weighted by Crippen LogP contribution is 2.36. The van der Waals surface area contributed by atoms with Crippen LogP contribution in [0.1, 0.15) is 36.8 Å². The van der Waals surface area contributed by atoms with E-state index in [1.54, 1.807) is 0 Å². The van der Waals surface area contributed by atoms with Crippen LogP contribution in [0.3, 0.4) is 0 Å². The summed E-state index contributed by atoms with van der Waals surface area (Å²) in [6.45, 7) is 1.24. The number of nitrogens with zero attached hydrogens (tertiary/aromatic N) is 2. The van der Waals surface area contributed by atoms with Crippen LogP contribution in [0.25, 0.3) is 0 Å². The van der Waals surface area contributed by atoms with Crippen LogP contribution in [-0.2, 0) is 22.2 Å². The van der Waals surface area contributed by atoms with Crippen LogP contribution < -0.4 is 15.5 Å². The van der Waals surface area contributed by atoms with Crippen molar-refractivity contribution in [3.63, 3.8) is 0 Å². The van der Waals surface area contributed by atoms with Gasteiger partial charge >= 0.3 is 6.18 Å². The van der Waals surface area contributed by atoms with E-state index < -0.39 is 11.7 Å². The fraction of sp³-hybridized carbons (Fsp3) is 0.458. The van der Waals surface area contributed by atoms with Crippen LogP contribution in [-0.4, -0.2) is 36.4 Å². The van der Waals surface area contributed by atoms with E-state index in [-0.39, 0.29) is 30.2 Å². The Bertz CT molecular complexity index is 994. The predicted molar refractivity (Wildman–Crippen MR) is 119 cm³/mol. The van der Waals surface area contributed by atoms with Gasteiger partial charge in [-0.05, 0) is 43.0 Å². The Morgan fingerprint density at radius 1 is 1.03 bits per heavy atom. The quantitative estimate of drug-likeness (QED) is 0.639. The van der Waals surface area contributed by atoms with E-state index in [9.17, 15) is 22.8 Å². The van der Waals surface area contributed by atoms with Crippen molar-refractivity contribution in [2.75, 3.05) is 29.9 Å². The Labute approximate surface area is 190 Å². The zero-order chi connectivity index (χ0) is 23.4. The van der Waals surface area contributed by atoms with Crippen LogP contribution >= 0.6 is 0 Å². The summed E-state index contributed by atoms with van der Waals surface area (Å²) in [6, 6.07) is 10.1. The van der Waals surface area contributed by atoms with E-state index in [2.05, 4.69) is 15.6 Å². The summed E-state index contributed by atoms with van der Waals surface area (Å²) in [4.78, 5) is 31.8. The molecule has 1 fully saturated rings. The maximum absolute atomic E-state index is 13.3. The molecule has 2 aromatic rings. The fourth-order valence-electron chi connectivity index (χ4n) is 4.68. The second-order valence-corrected chi connectivity index (χ2v) is 8.51. The second kappa shape index (κ2) is 9.80. The van der Waals surface area contributed by atoms with Crippen molar-refractivity contribution in [3.05, 3.63) is 53.7 Å². The van der Waals surface area contributed by atoms with E-state index >= 15 is 0 Å². The van der Waals surface area contributed by atoms with Gasteiger partial charge in [0.2, 0.25) is 11.8 Å². The minimum atomic E-state index is -4.43. The lowest BCUT2D eigenvalue weighted by Crippen LogP contribution is -2.45. The molecule has 2 N–H and O–H groups in total. The van der Waals surface area contributed by atoms with Crippen molar-refractivity contribution >= 4 is 23.3 Å². The number of carbonyl (C=O) groups excluding carboxylic acids is 2. The molecule has 0 spiro atoms. The SMILES string of the molecule is O=C(NCCNc1ccc(C(F)(F)F)cn1)[C@H]1CCCC[C@H]1C(=O)N1CCc2ccccc21. The molecule has 2 atom stereocenters. The van der Waals surface area contributed by atoms with Crippen LogP contribution in [0.15, 0.2) is 42.6 Å². The minimum Gasteiger partial charge on any atom is -0.368 e. The molecular weight excluding hydrogens is 433 g/mol. The molecule has 1 aromatic carbocycles.